The monoisotopic (exact) mass is 160 g/mol. The Kier molecular flexibility index (Phi) is 2.68. The van der Waals surface area contributed by atoms with Gasteiger partial charge in [0.2, 0.25) is 0 Å². The summed E-state index contributed by atoms with van der Waals surface area (Å²) in [6.45, 7) is 0. The lowest BCUT2D eigenvalue weighted by Crippen LogP contribution is -2.13. The fraction of sp³-hybridized carbons (Fsp3) is 1.00. The molecule has 0 heterocycles. The first-order chi connectivity index (χ1) is 3.42. The van der Waals surface area contributed by atoms with Gasteiger partial charge in [-0.25, -0.2) is 0 Å². The third-order valence-corrected chi connectivity index (χ3v) is 1.42. The highest BCUT2D eigenvalue weighted by molar-refractivity contribution is 7.85. The average molecular weight is 161 g/mol. The van der Waals surface area contributed by atoms with Crippen LogP contribution in [0.2, 0.25) is 0 Å². The molecule has 0 saturated heterocycles. The zero-order valence-corrected chi connectivity index (χ0v) is 5.35. The molecule has 6 heteroatoms. The van der Waals surface area contributed by atoms with Crippen molar-refractivity contribution >= 4 is 21.7 Å². The van der Waals surface area contributed by atoms with Gasteiger partial charge in [-0.15, -0.1) is 0 Å². The van der Waals surface area contributed by atoms with Crippen molar-refractivity contribution in [1.29, 1.82) is 0 Å². The van der Waals surface area contributed by atoms with Gasteiger partial charge in [0.1, 0.15) is 11.3 Å². The van der Waals surface area contributed by atoms with Gasteiger partial charge < -0.3 is 5.11 Å². The second-order valence-corrected chi connectivity index (χ2v) is 3.18. The Labute approximate surface area is 51.8 Å². The maximum Gasteiger partial charge on any atom is 0.268 e. The molecule has 0 aromatic heterocycles. The van der Waals surface area contributed by atoms with Crippen molar-refractivity contribution in [2.24, 2.45) is 0 Å². The van der Waals surface area contributed by atoms with Crippen LogP contribution in [0.25, 0.3) is 0 Å². The van der Waals surface area contributed by atoms with Gasteiger partial charge in [0.25, 0.3) is 10.1 Å². The Morgan fingerprint density at radius 3 is 2.00 bits per heavy atom. The molecule has 2 N–H and O–H groups in total. The van der Waals surface area contributed by atoms with Crippen LogP contribution in [-0.4, -0.2) is 29.4 Å². The Morgan fingerprint density at radius 1 is 1.62 bits per heavy atom. The molecule has 0 aliphatic rings. The van der Waals surface area contributed by atoms with E-state index in [1.54, 1.807) is 0 Å². The van der Waals surface area contributed by atoms with Crippen LogP contribution in [0, 0.1) is 0 Å². The van der Waals surface area contributed by atoms with E-state index in [1.807, 2.05) is 0 Å². The van der Waals surface area contributed by atoms with Crippen molar-refractivity contribution in [3.63, 3.8) is 0 Å². The lowest BCUT2D eigenvalue weighted by atomic mass is 10.9. The molecule has 8 heavy (non-hydrogen) atoms. The van der Waals surface area contributed by atoms with Crippen LogP contribution >= 0.6 is 11.6 Å². The smallest absolute Gasteiger partial charge is 0.268 e. The third-order valence-electron chi connectivity index (χ3n) is 0.348. The second-order valence-electron chi connectivity index (χ2n) is 1.18. The Bertz CT molecular complexity index is 147. The minimum absolute atomic E-state index is 0.825. The second kappa shape index (κ2) is 2.63. The van der Waals surface area contributed by atoms with E-state index in [1.165, 1.54) is 0 Å². The number of alkyl halides is 1. The fourth-order valence-corrected chi connectivity index (χ4v) is 0.999. The molecule has 0 saturated carbocycles. The zero-order valence-electron chi connectivity index (χ0n) is 3.78. The van der Waals surface area contributed by atoms with Crippen molar-refractivity contribution < 1.29 is 18.1 Å². The maximum absolute atomic E-state index is 9.75. The molecule has 1 unspecified atom stereocenters. The van der Waals surface area contributed by atoms with Crippen LogP contribution in [0.3, 0.4) is 0 Å². The topological polar surface area (TPSA) is 74.6 Å². The highest BCUT2D eigenvalue weighted by Crippen LogP contribution is 1.93. The van der Waals surface area contributed by atoms with Gasteiger partial charge in [0.05, 0.1) is 0 Å². The number of hydrogen-bond donors (Lipinski definition) is 2. The average Bonchev–Trinajstić information content (AvgIpc) is 1.21. The van der Waals surface area contributed by atoms with Gasteiger partial charge >= 0.3 is 0 Å². The molecule has 0 fully saturated rings. The fourth-order valence-electron chi connectivity index (χ4n) is 0.174. The third kappa shape index (κ3) is 6.16. The number of aliphatic hydroxyl groups excluding tert-OH is 1. The first-order valence-electron chi connectivity index (χ1n) is 1.69. The summed E-state index contributed by atoms with van der Waals surface area (Å²) in [5, 5.41) is 8.11. The molecule has 0 radical (unpaired) electrons. The maximum atomic E-state index is 9.75. The minimum atomic E-state index is -4.11. The summed E-state index contributed by atoms with van der Waals surface area (Å²) in [7, 11) is -4.11. The van der Waals surface area contributed by atoms with E-state index in [4.69, 9.17) is 21.3 Å². The Hall–Kier alpha value is 0.160. The summed E-state index contributed by atoms with van der Waals surface area (Å²) in [6.07, 6.45) is 0. The van der Waals surface area contributed by atoms with E-state index in [9.17, 15) is 8.42 Å². The van der Waals surface area contributed by atoms with Crippen LogP contribution in [0.1, 0.15) is 0 Å². The lowest BCUT2D eigenvalue weighted by Gasteiger charge is -1.94. The minimum Gasteiger partial charge on any atom is -0.377 e. The first kappa shape index (κ1) is 8.16. The SMILES string of the molecule is O=S(=O)(O)CC(O)Cl. The van der Waals surface area contributed by atoms with E-state index in [0.29, 0.717) is 0 Å². The predicted molar refractivity (Wildman–Crippen MR) is 28.3 cm³/mol. The van der Waals surface area contributed by atoms with E-state index >= 15 is 0 Å². The summed E-state index contributed by atoms with van der Waals surface area (Å²) in [5.41, 5.74) is -1.52. The first-order valence-corrected chi connectivity index (χ1v) is 3.73. The number of halogens is 1. The van der Waals surface area contributed by atoms with Crippen LogP contribution in [0.5, 0.6) is 0 Å². The normalized spacial score (nSPS) is 15.9. The summed E-state index contributed by atoms with van der Waals surface area (Å²) in [5.74, 6) is -0.825. The van der Waals surface area contributed by atoms with Gasteiger partial charge in [-0.1, -0.05) is 11.6 Å². The van der Waals surface area contributed by atoms with Gasteiger partial charge in [0, 0.05) is 0 Å². The molecule has 0 spiro atoms. The summed E-state index contributed by atoms with van der Waals surface area (Å²) >= 11 is 4.78. The Balaban J connectivity index is 3.75. The standard InChI is InChI=1S/C2H5ClO4S/c3-2(4)1-8(5,6)7/h2,4H,1H2,(H,5,6,7). The molecule has 50 valence electrons. The van der Waals surface area contributed by atoms with Crippen LogP contribution < -0.4 is 0 Å². The Morgan fingerprint density at radius 2 is 2.00 bits per heavy atom. The molecule has 0 aromatic rings. The van der Waals surface area contributed by atoms with E-state index < -0.39 is 21.4 Å². The van der Waals surface area contributed by atoms with Crippen LogP contribution in [-0.2, 0) is 10.1 Å². The molecule has 4 nitrogen and oxygen atoms in total. The van der Waals surface area contributed by atoms with E-state index in [2.05, 4.69) is 0 Å². The highest BCUT2D eigenvalue weighted by Gasteiger charge is 2.09. The van der Waals surface area contributed by atoms with E-state index in [-0.39, 0.29) is 0 Å². The number of hydrogen-bond acceptors (Lipinski definition) is 3. The molecular formula is C2H5ClO4S. The predicted octanol–water partition coefficient (Wildman–Crippen LogP) is -0.569. The number of aliphatic hydroxyl groups is 1. The van der Waals surface area contributed by atoms with Gasteiger partial charge in [-0.2, -0.15) is 8.42 Å². The largest absolute Gasteiger partial charge is 0.377 e. The molecular weight excluding hydrogens is 156 g/mol. The molecule has 0 aliphatic heterocycles. The van der Waals surface area contributed by atoms with Crippen LogP contribution in [0.4, 0.5) is 0 Å². The lowest BCUT2D eigenvalue weighted by molar-refractivity contribution is 0.275. The molecule has 0 amide bonds. The summed E-state index contributed by atoms with van der Waals surface area (Å²) < 4.78 is 27.4. The van der Waals surface area contributed by atoms with Gasteiger partial charge in [-0.3, -0.25) is 4.55 Å². The highest BCUT2D eigenvalue weighted by atomic mass is 35.5. The van der Waals surface area contributed by atoms with Crippen molar-refractivity contribution in [1.82, 2.24) is 0 Å². The van der Waals surface area contributed by atoms with Gasteiger partial charge in [-0.05, 0) is 0 Å². The zero-order chi connectivity index (χ0) is 6.78. The number of rotatable bonds is 2. The van der Waals surface area contributed by atoms with Crippen LogP contribution in [0.15, 0.2) is 0 Å². The summed E-state index contributed by atoms with van der Waals surface area (Å²) in [4.78, 5) is 0. The molecule has 0 bridgehead atoms. The molecule has 1 atom stereocenters. The van der Waals surface area contributed by atoms with E-state index in [0.717, 1.165) is 0 Å². The van der Waals surface area contributed by atoms with Gasteiger partial charge in [0.15, 0.2) is 0 Å². The molecule has 0 rings (SSSR count). The van der Waals surface area contributed by atoms with Crippen molar-refractivity contribution in [2.75, 3.05) is 5.75 Å². The van der Waals surface area contributed by atoms with Crippen molar-refractivity contribution in [3.8, 4) is 0 Å². The quantitative estimate of drug-likeness (QED) is 0.419. The van der Waals surface area contributed by atoms with Crippen molar-refractivity contribution in [2.45, 2.75) is 5.56 Å². The summed E-state index contributed by atoms with van der Waals surface area (Å²) in [6, 6.07) is 0. The molecule has 0 aromatic carbocycles. The van der Waals surface area contributed by atoms with Crippen molar-refractivity contribution in [3.05, 3.63) is 0 Å². The molecule has 0 aliphatic carbocycles.